The SMILES string of the molecule is NC(=O)[C@H](Cc1ccccc1)NC(=O)C1=C2C=C3CC3=C2C=C1. The zero-order valence-electron chi connectivity index (χ0n) is 12.5. The zero-order valence-corrected chi connectivity index (χ0v) is 12.5. The minimum absolute atomic E-state index is 0.246. The van der Waals surface area contributed by atoms with Gasteiger partial charge in [-0.15, -0.1) is 0 Å². The van der Waals surface area contributed by atoms with E-state index in [2.05, 4.69) is 11.4 Å². The highest BCUT2D eigenvalue weighted by molar-refractivity contribution is 6.03. The summed E-state index contributed by atoms with van der Waals surface area (Å²) >= 11 is 0. The molecule has 23 heavy (non-hydrogen) atoms. The molecule has 0 aromatic heterocycles. The van der Waals surface area contributed by atoms with Crippen LogP contribution in [0.25, 0.3) is 0 Å². The molecule has 3 aliphatic rings. The summed E-state index contributed by atoms with van der Waals surface area (Å²) in [6.45, 7) is 0. The highest BCUT2D eigenvalue weighted by Gasteiger charge is 2.36. The fraction of sp³-hybridized carbons (Fsp3) is 0.158. The van der Waals surface area contributed by atoms with Gasteiger partial charge in [-0.05, 0) is 46.4 Å². The number of benzene rings is 1. The van der Waals surface area contributed by atoms with Crippen molar-refractivity contribution in [3.8, 4) is 0 Å². The van der Waals surface area contributed by atoms with Gasteiger partial charge in [0.1, 0.15) is 6.04 Å². The first-order valence-electron chi connectivity index (χ1n) is 7.64. The number of carbonyl (C=O) groups excluding carboxylic acids is 2. The van der Waals surface area contributed by atoms with E-state index in [1.165, 1.54) is 11.1 Å². The molecule has 0 unspecified atom stereocenters. The fourth-order valence-corrected chi connectivity index (χ4v) is 3.14. The molecule has 1 fully saturated rings. The van der Waals surface area contributed by atoms with Crippen molar-refractivity contribution in [1.82, 2.24) is 5.32 Å². The summed E-state index contributed by atoms with van der Waals surface area (Å²) in [5, 5.41) is 2.77. The van der Waals surface area contributed by atoms with Crippen LogP contribution in [0, 0.1) is 0 Å². The average molecular weight is 304 g/mol. The lowest BCUT2D eigenvalue weighted by molar-refractivity contribution is -0.125. The van der Waals surface area contributed by atoms with Crippen LogP contribution >= 0.6 is 0 Å². The van der Waals surface area contributed by atoms with Crippen molar-refractivity contribution >= 4 is 11.8 Å². The van der Waals surface area contributed by atoms with E-state index in [-0.39, 0.29) is 5.91 Å². The molecule has 0 saturated heterocycles. The minimum atomic E-state index is -0.716. The van der Waals surface area contributed by atoms with Gasteiger partial charge in [0.2, 0.25) is 5.91 Å². The number of rotatable bonds is 5. The summed E-state index contributed by atoms with van der Waals surface area (Å²) < 4.78 is 0. The quantitative estimate of drug-likeness (QED) is 0.869. The van der Waals surface area contributed by atoms with Crippen molar-refractivity contribution in [2.75, 3.05) is 0 Å². The van der Waals surface area contributed by atoms with Gasteiger partial charge in [-0.1, -0.05) is 36.4 Å². The van der Waals surface area contributed by atoms with Crippen LogP contribution in [0.2, 0.25) is 0 Å². The molecule has 0 heterocycles. The molecule has 4 heteroatoms. The smallest absolute Gasteiger partial charge is 0.252 e. The third kappa shape index (κ3) is 2.42. The number of hydrogen-bond acceptors (Lipinski definition) is 2. The molecule has 1 atom stereocenters. The van der Waals surface area contributed by atoms with E-state index >= 15 is 0 Å². The van der Waals surface area contributed by atoms with E-state index in [0.29, 0.717) is 12.0 Å². The Bertz CT molecular complexity index is 841. The van der Waals surface area contributed by atoms with Crippen molar-refractivity contribution in [3.05, 3.63) is 82.0 Å². The summed E-state index contributed by atoms with van der Waals surface area (Å²) in [6.07, 6.45) is 7.29. The predicted octanol–water partition coefficient (Wildman–Crippen LogP) is 1.71. The molecule has 1 aromatic carbocycles. The first-order valence-corrected chi connectivity index (χ1v) is 7.64. The number of nitrogens with one attached hydrogen (secondary N) is 1. The Labute approximate surface area is 134 Å². The standard InChI is InChI=1S/C19H16N2O2/c20-18(22)17(8-11-4-2-1-3-5-11)21-19(23)14-7-6-13-15-9-12(15)10-16(13)14/h1-7,10,17H,8-9H2,(H2,20,22)(H,21,23)/t17-/m0/s1. The van der Waals surface area contributed by atoms with Crippen LogP contribution in [0.5, 0.6) is 0 Å². The second-order valence-electron chi connectivity index (χ2n) is 6.02. The number of hydrogen-bond donors (Lipinski definition) is 2. The molecule has 0 bridgehead atoms. The van der Waals surface area contributed by atoms with Crippen LogP contribution in [-0.2, 0) is 16.0 Å². The minimum Gasteiger partial charge on any atom is -0.368 e. The molecular weight excluding hydrogens is 288 g/mol. The molecule has 3 N–H and O–H groups in total. The molecule has 1 aromatic rings. The lowest BCUT2D eigenvalue weighted by atomic mass is 10.0. The first-order chi connectivity index (χ1) is 11.1. The van der Waals surface area contributed by atoms with E-state index in [4.69, 9.17) is 5.73 Å². The third-order valence-electron chi connectivity index (χ3n) is 4.45. The Balaban J connectivity index is 1.52. The number of primary amides is 1. The molecule has 3 aliphatic carbocycles. The molecule has 0 radical (unpaired) electrons. The molecule has 0 aliphatic heterocycles. The van der Waals surface area contributed by atoms with Crippen LogP contribution in [0.15, 0.2) is 76.4 Å². The molecule has 4 rings (SSSR count). The Hall–Kier alpha value is -2.88. The number of carbonyl (C=O) groups is 2. The Morgan fingerprint density at radius 1 is 1.13 bits per heavy atom. The Kier molecular flexibility index (Phi) is 3.05. The van der Waals surface area contributed by atoms with Gasteiger partial charge in [-0.3, -0.25) is 9.59 Å². The van der Waals surface area contributed by atoms with Gasteiger partial charge < -0.3 is 11.1 Å². The second-order valence-corrected chi connectivity index (χ2v) is 6.02. The van der Waals surface area contributed by atoms with Gasteiger partial charge in [-0.25, -0.2) is 0 Å². The lowest BCUT2D eigenvalue weighted by Crippen LogP contribution is -2.46. The maximum absolute atomic E-state index is 12.5. The summed E-state index contributed by atoms with van der Waals surface area (Å²) in [4.78, 5) is 24.2. The van der Waals surface area contributed by atoms with Crippen molar-refractivity contribution in [3.63, 3.8) is 0 Å². The van der Waals surface area contributed by atoms with Gasteiger partial charge in [0.25, 0.3) is 5.91 Å². The van der Waals surface area contributed by atoms with E-state index in [1.54, 1.807) is 0 Å². The number of nitrogens with two attached hydrogens (primary N) is 1. The van der Waals surface area contributed by atoms with Gasteiger partial charge in [-0.2, -0.15) is 0 Å². The van der Waals surface area contributed by atoms with Crippen LogP contribution in [0.1, 0.15) is 12.0 Å². The van der Waals surface area contributed by atoms with E-state index < -0.39 is 11.9 Å². The lowest BCUT2D eigenvalue weighted by Gasteiger charge is -2.16. The average Bonchev–Trinajstić information content (AvgIpc) is 3.02. The monoisotopic (exact) mass is 304 g/mol. The highest BCUT2D eigenvalue weighted by Crippen LogP contribution is 2.51. The van der Waals surface area contributed by atoms with Crippen molar-refractivity contribution < 1.29 is 9.59 Å². The third-order valence-corrected chi connectivity index (χ3v) is 4.45. The maximum atomic E-state index is 12.5. The van der Waals surface area contributed by atoms with Gasteiger partial charge >= 0.3 is 0 Å². The first kappa shape index (κ1) is 13.8. The molecular formula is C19H16N2O2. The van der Waals surface area contributed by atoms with Crippen molar-refractivity contribution in [2.24, 2.45) is 5.73 Å². The normalized spacial score (nSPS) is 18.5. The summed E-state index contributed by atoms with van der Waals surface area (Å²) in [6, 6.07) is 8.81. The van der Waals surface area contributed by atoms with Crippen LogP contribution in [0.3, 0.4) is 0 Å². The zero-order chi connectivity index (χ0) is 16.0. The molecule has 1 saturated carbocycles. The summed E-state index contributed by atoms with van der Waals surface area (Å²) in [5.74, 6) is -0.772. The molecule has 4 nitrogen and oxygen atoms in total. The van der Waals surface area contributed by atoms with Crippen LogP contribution in [-0.4, -0.2) is 17.9 Å². The number of allylic oxidation sites excluding steroid dienone is 6. The van der Waals surface area contributed by atoms with Gasteiger partial charge in [0.05, 0.1) is 0 Å². The topological polar surface area (TPSA) is 72.2 Å². The Morgan fingerprint density at radius 2 is 1.91 bits per heavy atom. The molecule has 114 valence electrons. The highest BCUT2D eigenvalue weighted by atomic mass is 16.2. The Morgan fingerprint density at radius 3 is 2.65 bits per heavy atom. The summed E-state index contributed by atoms with van der Waals surface area (Å²) in [5.41, 5.74) is 11.8. The second kappa shape index (κ2) is 5.09. The number of amides is 2. The van der Waals surface area contributed by atoms with Crippen LogP contribution < -0.4 is 11.1 Å². The predicted molar refractivity (Wildman–Crippen MR) is 87.2 cm³/mol. The summed E-state index contributed by atoms with van der Waals surface area (Å²) in [7, 11) is 0. The van der Waals surface area contributed by atoms with E-state index in [9.17, 15) is 9.59 Å². The number of fused-ring (bicyclic) bond motifs is 2. The van der Waals surface area contributed by atoms with Crippen molar-refractivity contribution in [2.45, 2.75) is 18.9 Å². The maximum Gasteiger partial charge on any atom is 0.252 e. The molecule has 2 amide bonds. The van der Waals surface area contributed by atoms with E-state index in [0.717, 1.165) is 23.1 Å². The van der Waals surface area contributed by atoms with E-state index in [1.807, 2.05) is 42.5 Å². The van der Waals surface area contributed by atoms with Crippen LogP contribution in [0.4, 0.5) is 0 Å². The largest absolute Gasteiger partial charge is 0.368 e. The van der Waals surface area contributed by atoms with Gasteiger partial charge in [0.15, 0.2) is 0 Å². The molecule has 0 spiro atoms. The van der Waals surface area contributed by atoms with Gasteiger partial charge in [0, 0.05) is 12.0 Å². The van der Waals surface area contributed by atoms with Crippen molar-refractivity contribution in [1.29, 1.82) is 0 Å². The fourth-order valence-electron chi connectivity index (χ4n) is 3.14.